The molecule has 132 valence electrons. The Hall–Kier alpha value is -1.42. The number of hydrogen-bond donors (Lipinski definition) is 0. The van der Waals surface area contributed by atoms with Gasteiger partial charge in [0.15, 0.2) is 12.0 Å². The van der Waals surface area contributed by atoms with Crippen molar-refractivity contribution in [1.29, 1.82) is 0 Å². The van der Waals surface area contributed by atoms with E-state index in [4.69, 9.17) is 31.3 Å². The number of fused-ring (bicyclic) bond motifs is 2. The smallest absolute Gasteiger partial charge is 0.164 e. The molecule has 2 saturated heterocycles. The number of rotatable bonds is 3. The van der Waals surface area contributed by atoms with Crippen molar-refractivity contribution in [3.63, 3.8) is 0 Å². The molecule has 11 heteroatoms. The number of halogens is 2. The fourth-order valence-corrected chi connectivity index (χ4v) is 4.28. The van der Waals surface area contributed by atoms with Crippen LogP contribution in [-0.2, 0) is 14.2 Å². The van der Waals surface area contributed by atoms with Crippen LogP contribution in [0.2, 0.25) is 5.15 Å². The first-order valence-electron chi connectivity index (χ1n) is 7.60. The number of nitrogens with zero attached hydrogens (tertiary/aromatic N) is 6. The molecule has 2 aromatic heterocycles. The zero-order valence-corrected chi connectivity index (χ0v) is 15.7. The van der Waals surface area contributed by atoms with Gasteiger partial charge in [-0.05, 0) is 35.3 Å². The molecule has 9 nitrogen and oxygen atoms in total. The van der Waals surface area contributed by atoms with Crippen LogP contribution >= 0.6 is 27.5 Å². The monoisotopic (exact) mass is 428 g/mol. The van der Waals surface area contributed by atoms with Crippen molar-refractivity contribution in [3.8, 4) is 0 Å². The Labute approximate surface area is 156 Å². The number of ether oxygens (including phenoxy) is 3. The lowest BCUT2D eigenvalue weighted by Crippen LogP contribution is -2.31. The van der Waals surface area contributed by atoms with Gasteiger partial charge < -0.3 is 18.8 Å². The van der Waals surface area contributed by atoms with Gasteiger partial charge in [-0.1, -0.05) is 16.7 Å². The minimum absolute atomic E-state index is 0.156. The molecule has 25 heavy (non-hydrogen) atoms. The summed E-state index contributed by atoms with van der Waals surface area (Å²) in [5.41, 5.74) is 9.23. The van der Waals surface area contributed by atoms with Crippen LogP contribution in [0.3, 0.4) is 0 Å². The van der Waals surface area contributed by atoms with Gasteiger partial charge in [0, 0.05) is 15.6 Å². The van der Waals surface area contributed by atoms with Crippen molar-refractivity contribution < 1.29 is 14.2 Å². The Morgan fingerprint density at radius 1 is 1.40 bits per heavy atom. The molecular formula is C14H14BrClN6O3. The van der Waals surface area contributed by atoms with Crippen LogP contribution in [0.1, 0.15) is 20.1 Å². The van der Waals surface area contributed by atoms with E-state index in [-0.39, 0.29) is 18.8 Å². The molecular weight excluding hydrogens is 416 g/mol. The van der Waals surface area contributed by atoms with E-state index in [9.17, 15) is 0 Å². The highest BCUT2D eigenvalue weighted by Gasteiger charge is 2.55. The first kappa shape index (κ1) is 17.0. The second kappa shape index (κ2) is 6.08. The van der Waals surface area contributed by atoms with Crippen molar-refractivity contribution >= 4 is 38.6 Å². The molecule has 4 heterocycles. The third-order valence-corrected chi connectivity index (χ3v) is 5.13. The van der Waals surface area contributed by atoms with Crippen LogP contribution in [0.15, 0.2) is 22.1 Å². The van der Waals surface area contributed by atoms with E-state index >= 15 is 0 Å². The molecule has 4 atom stereocenters. The van der Waals surface area contributed by atoms with Gasteiger partial charge in [-0.3, -0.25) is 0 Å². The minimum atomic E-state index is -0.751. The summed E-state index contributed by atoms with van der Waals surface area (Å²) in [6.07, 6.45) is 1.60. The van der Waals surface area contributed by atoms with Gasteiger partial charge in [-0.25, -0.2) is 9.97 Å². The SMILES string of the molecule is CC1(C)O[C@@H]2[C@H](O1)[C@@H](CN=[N+]=[N-])O[C@H]2n1cc(Br)c2c(Cl)ncnc21. The minimum Gasteiger partial charge on any atom is -0.349 e. The summed E-state index contributed by atoms with van der Waals surface area (Å²) in [7, 11) is 0. The summed E-state index contributed by atoms with van der Waals surface area (Å²) in [6.45, 7) is 3.84. The lowest BCUT2D eigenvalue weighted by Gasteiger charge is -2.24. The maximum atomic E-state index is 8.62. The number of hydrogen-bond acceptors (Lipinski definition) is 6. The standard InChI is InChI=1S/C14H14BrClN6O3/c1-14(2)24-9-7(3-20-21-17)23-13(10(9)25-14)22-4-6(15)8-11(16)18-5-19-12(8)22/h4-5,7,9-10,13H,3H2,1-2H3/t7-,9-,10-,13-/m1/s1. The Kier molecular flexibility index (Phi) is 4.14. The van der Waals surface area contributed by atoms with Crippen molar-refractivity contribution in [2.24, 2.45) is 5.11 Å². The van der Waals surface area contributed by atoms with Crippen molar-refractivity contribution in [3.05, 3.63) is 32.6 Å². The Morgan fingerprint density at radius 3 is 2.92 bits per heavy atom. The van der Waals surface area contributed by atoms with Crippen molar-refractivity contribution in [2.45, 2.75) is 44.2 Å². The maximum absolute atomic E-state index is 8.62. The van der Waals surface area contributed by atoms with Gasteiger partial charge in [0.25, 0.3) is 0 Å². The highest BCUT2D eigenvalue weighted by molar-refractivity contribution is 9.10. The highest BCUT2D eigenvalue weighted by atomic mass is 79.9. The first-order chi connectivity index (χ1) is 11.9. The van der Waals surface area contributed by atoms with E-state index in [2.05, 4.69) is 35.9 Å². The van der Waals surface area contributed by atoms with Crippen LogP contribution in [0.25, 0.3) is 21.5 Å². The summed E-state index contributed by atoms with van der Waals surface area (Å²) in [6, 6.07) is 0. The molecule has 0 aromatic carbocycles. The third kappa shape index (κ3) is 2.79. The predicted octanol–water partition coefficient (Wildman–Crippen LogP) is 3.58. The topological polar surface area (TPSA) is 107 Å². The summed E-state index contributed by atoms with van der Waals surface area (Å²) < 4.78 is 20.7. The summed E-state index contributed by atoms with van der Waals surface area (Å²) >= 11 is 9.68. The summed E-state index contributed by atoms with van der Waals surface area (Å²) in [5.74, 6) is -0.751. The third-order valence-electron chi connectivity index (χ3n) is 4.24. The van der Waals surface area contributed by atoms with Crippen LogP contribution < -0.4 is 0 Å². The van der Waals surface area contributed by atoms with E-state index < -0.39 is 18.1 Å². The molecule has 0 unspecified atom stereocenters. The lowest BCUT2D eigenvalue weighted by atomic mass is 10.1. The lowest BCUT2D eigenvalue weighted by molar-refractivity contribution is -0.195. The molecule has 0 radical (unpaired) electrons. The summed E-state index contributed by atoms with van der Waals surface area (Å²) in [5, 5.41) is 4.67. The highest BCUT2D eigenvalue weighted by Crippen LogP contribution is 2.45. The van der Waals surface area contributed by atoms with Gasteiger partial charge in [-0.15, -0.1) is 0 Å². The van der Waals surface area contributed by atoms with Crippen LogP contribution in [0, 0.1) is 0 Å². The van der Waals surface area contributed by atoms with E-state index in [0.717, 1.165) is 4.47 Å². The predicted molar refractivity (Wildman–Crippen MR) is 92.0 cm³/mol. The maximum Gasteiger partial charge on any atom is 0.164 e. The molecule has 0 spiro atoms. The largest absolute Gasteiger partial charge is 0.349 e. The Balaban J connectivity index is 1.77. The van der Waals surface area contributed by atoms with Gasteiger partial charge in [0.2, 0.25) is 0 Å². The molecule has 2 aliphatic rings. The molecule has 0 aliphatic carbocycles. The molecule has 0 N–H and O–H groups in total. The van der Waals surface area contributed by atoms with Crippen molar-refractivity contribution in [1.82, 2.24) is 14.5 Å². The Morgan fingerprint density at radius 2 is 2.16 bits per heavy atom. The second-order valence-electron chi connectivity index (χ2n) is 6.29. The second-order valence-corrected chi connectivity index (χ2v) is 7.50. The number of aromatic nitrogens is 3. The average Bonchev–Trinajstić information content (AvgIpc) is 3.15. The molecule has 2 fully saturated rings. The molecule has 0 amide bonds. The molecule has 2 aliphatic heterocycles. The van der Waals surface area contributed by atoms with Crippen LogP contribution in [-0.4, -0.2) is 45.2 Å². The fraction of sp³-hybridized carbons (Fsp3) is 0.571. The number of azide groups is 1. The van der Waals surface area contributed by atoms with E-state index in [1.54, 1.807) is 0 Å². The molecule has 0 saturated carbocycles. The Bertz CT molecular complexity index is 883. The quantitative estimate of drug-likeness (QED) is 0.321. The van der Waals surface area contributed by atoms with Gasteiger partial charge in [-0.2, -0.15) is 0 Å². The zero-order valence-electron chi connectivity index (χ0n) is 13.3. The van der Waals surface area contributed by atoms with Crippen molar-refractivity contribution in [2.75, 3.05) is 6.54 Å². The summed E-state index contributed by atoms with van der Waals surface area (Å²) in [4.78, 5) is 11.1. The molecule has 0 bridgehead atoms. The molecule has 4 rings (SSSR count). The average molecular weight is 430 g/mol. The van der Waals surface area contributed by atoms with E-state index in [1.807, 2.05) is 24.6 Å². The van der Waals surface area contributed by atoms with E-state index in [0.29, 0.717) is 16.2 Å². The first-order valence-corrected chi connectivity index (χ1v) is 8.77. The van der Waals surface area contributed by atoms with Crippen LogP contribution in [0.4, 0.5) is 0 Å². The zero-order chi connectivity index (χ0) is 17.8. The molecule has 2 aromatic rings. The fourth-order valence-electron chi connectivity index (χ4n) is 3.35. The van der Waals surface area contributed by atoms with Gasteiger partial charge >= 0.3 is 0 Å². The normalized spacial score (nSPS) is 30.4. The van der Waals surface area contributed by atoms with E-state index in [1.165, 1.54) is 6.33 Å². The van der Waals surface area contributed by atoms with Gasteiger partial charge in [0.1, 0.15) is 29.3 Å². The van der Waals surface area contributed by atoms with Crippen LogP contribution in [0.5, 0.6) is 0 Å². The van der Waals surface area contributed by atoms with Gasteiger partial charge in [0.05, 0.1) is 18.0 Å².